The smallest absolute Gasteiger partial charge is 0.283 e. The molecule has 0 radical (unpaired) electrons. The SMILES string of the molecule is CCC(=O)c1ccc([N+](=O)[O-])c(Br)c1. The first kappa shape index (κ1) is 10.8. The Labute approximate surface area is 89.2 Å². The number of carbonyl (C=O) groups is 1. The number of ketones is 1. The van der Waals surface area contributed by atoms with E-state index in [1.807, 2.05) is 0 Å². The normalized spacial score (nSPS) is 9.86. The lowest BCUT2D eigenvalue weighted by molar-refractivity contribution is -0.385. The van der Waals surface area contributed by atoms with Crippen LogP contribution in [-0.2, 0) is 0 Å². The van der Waals surface area contributed by atoms with Gasteiger partial charge in [-0.25, -0.2) is 0 Å². The van der Waals surface area contributed by atoms with E-state index in [9.17, 15) is 14.9 Å². The average molecular weight is 258 g/mol. The molecule has 1 aromatic carbocycles. The molecular formula is C9H8BrNO3. The zero-order valence-electron chi connectivity index (χ0n) is 7.49. The van der Waals surface area contributed by atoms with Gasteiger partial charge in [0.2, 0.25) is 0 Å². The molecule has 1 aromatic rings. The van der Waals surface area contributed by atoms with Crippen LogP contribution in [0.3, 0.4) is 0 Å². The van der Waals surface area contributed by atoms with Gasteiger partial charge in [-0.15, -0.1) is 0 Å². The maximum absolute atomic E-state index is 11.3. The van der Waals surface area contributed by atoms with Crippen LogP contribution in [0, 0.1) is 10.1 Å². The highest BCUT2D eigenvalue weighted by Crippen LogP contribution is 2.25. The molecule has 74 valence electrons. The van der Waals surface area contributed by atoms with Gasteiger partial charge in [0, 0.05) is 18.1 Å². The Morgan fingerprint density at radius 3 is 2.64 bits per heavy atom. The maximum Gasteiger partial charge on any atom is 0.283 e. The molecular weight excluding hydrogens is 250 g/mol. The van der Waals surface area contributed by atoms with Gasteiger partial charge in [-0.2, -0.15) is 0 Å². The van der Waals surface area contributed by atoms with Crippen molar-refractivity contribution in [2.75, 3.05) is 0 Å². The van der Waals surface area contributed by atoms with E-state index in [0.29, 0.717) is 16.5 Å². The number of benzene rings is 1. The summed E-state index contributed by atoms with van der Waals surface area (Å²) in [7, 11) is 0. The maximum atomic E-state index is 11.3. The highest BCUT2D eigenvalue weighted by molar-refractivity contribution is 9.10. The summed E-state index contributed by atoms with van der Waals surface area (Å²) in [6.07, 6.45) is 0.393. The Morgan fingerprint density at radius 1 is 1.57 bits per heavy atom. The number of nitrogens with zero attached hydrogens (tertiary/aromatic N) is 1. The van der Waals surface area contributed by atoms with Crippen LogP contribution >= 0.6 is 15.9 Å². The molecule has 0 saturated heterocycles. The van der Waals surface area contributed by atoms with Gasteiger partial charge in [0.05, 0.1) is 9.40 Å². The predicted molar refractivity (Wildman–Crippen MR) is 55.4 cm³/mol. The van der Waals surface area contributed by atoms with Crippen molar-refractivity contribution in [2.24, 2.45) is 0 Å². The lowest BCUT2D eigenvalue weighted by atomic mass is 10.1. The first-order valence-electron chi connectivity index (χ1n) is 4.03. The first-order chi connectivity index (χ1) is 6.56. The summed E-state index contributed by atoms with van der Waals surface area (Å²) >= 11 is 3.05. The molecule has 0 N–H and O–H groups in total. The zero-order valence-corrected chi connectivity index (χ0v) is 9.08. The fourth-order valence-corrected chi connectivity index (χ4v) is 1.56. The Bertz CT molecular complexity index is 390. The molecule has 0 bridgehead atoms. The summed E-state index contributed by atoms with van der Waals surface area (Å²) in [5.74, 6) is -0.0272. The molecule has 0 aliphatic heterocycles. The van der Waals surface area contributed by atoms with E-state index in [1.165, 1.54) is 18.2 Å². The highest BCUT2D eigenvalue weighted by atomic mass is 79.9. The van der Waals surface area contributed by atoms with E-state index < -0.39 is 4.92 Å². The molecule has 5 heteroatoms. The minimum absolute atomic E-state index is 0.0272. The van der Waals surface area contributed by atoms with Gasteiger partial charge in [-0.3, -0.25) is 14.9 Å². The van der Waals surface area contributed by atoms with Crippen molar-refractivity contribution in [1.29, 1.82) is 0 Å². The monoisotopic (exact) mass is 257 g/mol. The quantitative estimate of drug-likeness (QED) is 0.475. The lowest BCUT2D eigenvalue weighted by Crippen LogP contribution is -1.97. The third-order valence-corrected chi connectivity index (χ3v) is 2.42. The minimum Gasteiger partial charge on any atom is -0.294 e. The molecule has 14 heavy (non-hydrogen) atoms. The molecule has 0 heterocycles. The molecule has 4 nitrogen and oxygen atoms in total. The molecule has 0 unspecified atom stereocenters. The van der Waals surface area contributed by atoms with Crippen LogP contribution in [0.15, 0.2) is 22.7 Å². The summed E-state index contributed by atoms with van der Waals surface area (Å²) in [5.41, 5.74) is 0.461. The Hall–Kier alpha value is -1.23. The number of rotatable bonds is 3. The van der Waals surface area contributed by atoms with Crippen LogP contribution in [0.5, 0.6) is 0 Å². The number of Topliss-reactive ketones (excluding diaryl/α,β-unsaturated/α-hetero) is 1. The fraction of sp³-hybridized carbons (Fsp3) is 0.222. The van der Waals surface area contributed by atoms with E-state index in [2.05, 4.69) is 15.9 Å². The molecule has 0 amide bonds. The first-order valence-corrected chi connectivity index (χ1v) is 4.82. The second-order valence-electron chi connectivity index (χ2n) is 2.70. The number of nitro groups is 1. The van der Waals surface area contributed by atoms with Crippen LogP contribution in [0.4, 0.5) is 5.69 Å². The number of hydrogen-bond donors (Lipinski definition) is 0. The number of nitro benzene ring substituents is 1. The molecule has 0 saturated carbocycles. The molecule has 0 atom stereocenters. The standard InChI is InChI=1S/C9H8BrNO3/c1-2-9(12)6-3-4-8(11(13)14)7(10)5-6/h3-5H,2H2,1H3. The van der Waals surface area contributed by atoms with Gasteiger partial charge in [-0.1, -0.05) is 6.92 Å². The van der Waals surface area contributed by atoms with Crippen LogP contribution in [-0.4, -0.2) is 10.7 Å². The third kappa shape index (κ3) is 2.17. The lowest BCUT2D eigenvalue weighted by Gasteiger charge is -1.99. The summed E-state index contributed by atoms with van der Waals surface area (Å²) < 4.78 is 0.335. The molecule has 0 aliphatic carbocycles. The highest BCUT2D eigenvalue weighted by Gasteiger charge is 2.13. The predicted octanol–water partition coefficient (Wildman–Crippen LogP) is 2.95. The Morgan fingerprint density at radius 2 is 2.21 bits per heavy atom. The van der Waals surface area contributed by atoms with Crippen LogP contribution < -0.4 is 0 Å². The van der Waals surface area contributed by atoms with Crippen molar-refractivity contribution < 1.29 is 9.72 Å². The van der Waals surface area contributed by atoms with E-state index in [-0.39, 0.29) is 11.5 Å². The van der Waals surface area contributed by atoms with E-state index >= 15 is 0 Å². The second-order valence-corrected chi connectivity index (χ2v) is 3.55. The molecule has 0 spiro atoms. The van der Waals surface area contributed by atoms with Crippen LogP contribution in [0.2, 0.25) is 0 Å². The van der Waals surface area contributed by atoms with Crippen molar-refractivity contribution >= 4 is 27.4 Å². The van der Waals surface area contributed by atoms with Gasteiger partial charge >= 0.3 is 0 Å². The number of halogens is 1. The summed E-state index contributed by atoms with van der Waals surface area (Å²) in [6, 6.07) is 4.27. The zero-order chi connectivity index (χ0) is 10.7. The minimum atomic E-state index is -0.496. The Balaban J connectivity index is 3.12. The van der Waals surface area contributed by atoms with Crippen molar-refractivity contribution in [3.63, 3.8) is 0 Å². The van der Waals surface area contributed by atoms with Crippen molar-refractivity contribution in [3.05, 3.63) is 38.3 Å². The van der Waals surface area contributed by atoms with E-state index in [0.717, 1.165) is 0 Å². The fourth-order valence-electron chi connectivity index (χ4n) is 1.03. The molecule has 0 aliphatic rings. The van der Waals surface area contributed by atoms with Gasteiger partial charge < -0.3 is 0 Å². The number of carbonyl (C=O) groups excluding carboxylic acids is 1. The summed E-state index contributed by atoms with van der Waals surface area (Å²) in [4.78, 5) is 21.2. The van der Waals surface area contributed by atoms with Gasteiger partial charge in [0.25, 0.3) is 5.69 Å². The van der Waals surface area contributed by atoms with Crippen molar-refractivity contribution in [1.82, 2.24) is 0 Å². The van der Waals surface area contributed by atoms with Crippen molar-refractivity contribution in [2.45, 2.75) is 13.3 Å². The summed E-state index contributed by atoms with van der Waals surface area (Å²) in [6.45, 7) is 1.75. The van der Waals surface area contributed by atoms with Crippen LogP contribution in [0.1, 0.15) is 23.7 Å². The van der Waals surface area contributed by atoms with Gasteiger partial charge in [0.15, 0.2) is 5.78 Å². The van der Waals surface area contributed by atoms with E-state index in [4.69, 9.17) is 0 Å². The topological polar surface area (TPSA) is 60.2 Å². The van der Waals surface area contributed by atoms with Gasteiger partial charge in [0.1, 0.15) is 0 Å². The Kier molecular flexibility index (Phi) is 3.35. The molecule has 1 rings (SSSR count). The molecule has 0 fully saturated rings. The largest absolute Gasteiger partial charge is 0.294 e. The molecule has 0 aromatic heterocycles. The van der Waals surface area contributed by atoms with Crippen LogP contribution in [0.25, 0.3) is 0 Å². The summed E-state index contributed by atoms with van der Waals surface area (Å²) in [5, 5.41) is 10.5. The van der Waals surface area contributed by atoms with Gasteiger partial charge in [-0.05, 0) is 28.1 Å². The third-order valence-electron chi connectivity index (χ3n) is 1.79. The second kappa shape index (κ2) is 4.32. The van der Waals surface area contributed by atoms with Crippen molar-refractivity contribution in [3.8, 4) is 0 Å². The van der Waals surface area contributed by atoms with E-state index in [1.54, 1.807) is 6.92 Å². The average Bonchev–Trinajstić information content (AvgIpc) is 2.15. The number of hydrogen-bond acceptors (Lipinski definition) is 3.